The van der Waals surface area contributed by atoms with E-state index >= 15 is 0 Å². The van der Waals surface area contributed by atoms with Crippen LogP contribution < -0.4 is 42.9 Å². The Bertz CT molecular complexity index is 6240. The summed E-state index contributed by atoms with van der Waals surface area (Å²) in [4.78, 5) is 168. The van der Waals surface area contributed by atoms with Gasteiger partial charge in [0.25, 0.3) is 17.7 Å². The largest absolute Gasteiger partial charge is 0.379 e. The fraction of sp³-hybridized carbons (Fsp3) is 0.378. The number of hydrogen-bond donors (Lipinski definition) is 8. The highest BCUT2D eigenvalue weighted by Crippen LogP contribution is 2.45. The van der Waals surface area contributed by atoms with Crippen molar-refractivity contribution in [1.82, 2.24) is 76.0 Å². The number of amides is 10. The number of rotatable bonds is 39. The minimum atomic E-state index is -0.979. The van der Waals surface area contributed by atoms with Gasteiger partial charge in [0.2, 0.25) is 41.4 Å². The van der Waals surface area contributed by atoms with E-state index in [2.05, 4.69) is 109 Å². The zero-order valence-corrected chi connectivity index (χ0v) is 76.0. The normalized spacial score (nSPS) is 16.8. The molecule has 6 aliphatic rings. The number of anilines is 1. The number of fused-ring (bicyclic) bond motifs is 8. The number of carbonyl (C=O) groups is 11. The maximum absolute atomic E-state index is 13.6. The molecule has 692 valence electrons. The number of ketones is 1. The van der Waals surface area contributed by atoms with Gasteiger partial charge in [-0.1, -0.05) is 116 Å². The molecule has 10 aromatic rings. The second kappa shape index (κ2) is 43.4. The molecule has 33 nitrogen and oxygen atoms in total. The molecule has 2 saturated heterocycles. The number of thiophene rings is 1. The van der Waals surface area contributed by atoms with Crippen molar-refractivity contribution in [1.29, 1.82) is 0 Å². The maximum Gasteiger partial charge on any atom is 0.347 e. The topological polar surface area (TPSA) is 421 Å². The number of ether oxygens (including phenoxy) is 4. The molecular formula is C98H106ClN17O16S. The first-order valence-corrected chi connectivity index (χ1v) is 46.2. The van der Waals surface area contributed by atoms with E-state index in [1.54, 1.807) is 29.7 Å². The lowest BCUT2D eigenvalue weighted by molar-refractivity contribution is -0.131. The third-order valence-electron chi connectivity index (χ3n) is 24.7. The highest BCUT2D eigenvalue weighted by molar-refractivity contribution is 7.15. The molecule has 3 fully saturated rings. The summed E-state index contributed by atoms with van der Waals surface area (Å²) in [6.07, 6.45) is 9.59. The summed E-state index contributed by atoms with van der Waals surface area (Å²) in [6.45, 7) is 18.3. The molecule has 5 aromatic heterocycles. The van der Waals surface area contributed by atoms with E-state index in [9.17, 15) is 57.5 Å². The number of pyridine rings is 2. The van der Waals surface area contributed by atoms with Crippen molar-refractivity contribution in [3.8, 4) is 27.4 Å². The first kappa shape index (κ1) is 94.4. The molecule has 35 heteroatoms. The molecule has 5 aromatic carbocycles. The number of Topliss-reactive ketones (excluding diaryl/α,β-unsaturated/α-hetero) is 1. The number of H-pyrrole nitrogens is 1. The Morgan fingerprint density at radius 2 is 1.26 bits per heavy atom. The van der Waals surface area contributed by atoms with Crippen LogP contribution in [-0.2, 0) is 69.3 Å². The summed E-state index contributed by atoms with van der Waals surface area (Å²) in [7, 11) is 0. The Balaban J connectivity index is 0.000000213. The number of unbranched alkanes of at least 4 members (excludes halogenated alkanes) is 1. The maximum atomic E-state index is 13.6. The second-order valence-electron chi connectivity index (χ2n) is 33.6. The van der Waals surface area contributed by atoms with Crippen molar-refractivity contribution >= 4 is 121 Å². The average Bonchev–Trinajstić information content (AvgIpc) is 1.53. The predicted octanol–water partition coefficient (Wildman–Crippen LogP) is 11.1. The Morgan fingerprint density at radius 1 is 0.594 bits per heavy atom. The number of nitrogens with zero attached hydrogens (tertiary/aromatic N) is 9. The van der Waals surface area contributed by atoms with Gasteiger partial charge in [0.05, 0.1) is 98.5 Å². The molecule has 0 spiro atoms. The van der Waals surface area contributed by atoms with Gasteiger partial charge in [0.15, 0.2) is 11.5 Å². The third kappa shape index (κ3) is 21.9. The minimum absolute atomic E-state index is 0.00366. The van der Waals surface area contributed by atoms with E-state index in [4.69, 9.17) is 40.5 Å². The number of hydrogen-bond acceptors (Lipinski definition) is 23. The standard InChI is InChI=1S/C57H63N9O11.C41H43ClN8O5S/c1-37-9-5-15-47(53(70)60-37)66-54(71)42-13-6-14-46(50(42)55(66)72)61-48(68)21-20-41(67)12-7-27-74-29-31-76-33-34-77-32-30-75-28-25-58-49(69)36-59-57(23-8-24-57)40-18-16-39(17-19-40)51-43(38-10-3-2-4-11-38)35-44-45(62-51)22-26-65-52(44)63-64-56(65)73;1-22-24(3)56-41-35(22)37(27-13-16-28(42)17-14-27)45-30(38-48-47-25(4)50(38)41)21-34(53)44-20-6-5-19-43-32(51)18-15-26-9-7-10-29-23(2)49(40(55)36(26)29)31-11-8-12-33(52)46-39(31)54/h2-4,6,10-11,13-14,16-19,22,26,35,47,59H,1,5,7-9,12,15,20-21,23-25,27-34,36H2,(H,58,69)(H,60,70)(H,61,68)(H,64,73);7,9-10,13-14,16-17,30-31H,2,5-6,8,11-12,15,18-21H2,1,3-4H3,(H,43,51)(H,44,53)(H,46,52,54)/t47-;30-,31-/m00/s1. The van der Waals surface area contributed by atoms with Crippen LogP contribution in [0.1, 0.15) is 196 Å². The molecule has 10 amide bonds. The van der Waals surface area contributed by atoms with Crippen LogP contribution in [0.25, 0.3) is 49.6 Å². The molecule has 3 atom stereocenters. The van der Waals surface area contributed by atoms with E-state index in [1.807, 2.05) is 90.4 Å². The number of halogens is 1. The van der Waals surface area contributed by atoms with Crippen LogP contribution in [0.4, 0.5) is 5.69 Å². The van der Waals surface area contributed by atoms with Gasteiger partial charge < -0.3 is 45.5 Å². The van der Waals surface area contributed by atoms with Gasteiger partial charge in [-0.15, -0.1) is 21.5 Å². The van der Waals surface area contributed by atoms with Crippen LogP contribution in [0.5, 0.6) is 0 Å². The molecule has 10 heterocycles. The third-order valence-corrected chi connectivity index (χ3v) is 26.1. The number of imide groups is 2. The Hall–Kier alpha value is -13.2. The smallest absolute Gasteiger partial charge is 0.347 e. The van der Waals surface area contributed by atoms with Gasteiger partial charge in [-0.2, -0.15) is 5.10 Å². The second-order valence-corrected chi connectivity index (χ2v) is 35.2. The lowest BCUT2D eigenvalue weighted by Crippen LogP contribution is -2.51. The molecule has 1 aliphatic carbocycles. The van der Waals surface area contributed by atoms with Gasteiger partial charge in [-0.25, -0.2) is 19.3 Å². The van der Waals surface area contributed by atoms with Gasteiger partial charge in [0.1, 0.15) is 34.7 Å². The molecule has 0 radical (unpaired) electrons. The van der Waals surface area contributed by atoms with Crippen LogP contribution in [0, 0.1) is 20.8 Å². The lowest BCUT2D eigenvalue weighted by atomic mass is 9.71. The zero-order valence-electron chi connectivity index (χ0n) is 74.4. The number of carbonyl (C=O) groups excluding carboxylic acids is 11. The van der Waals surface area contributed by atoms with E-state index in [1.165, 1.54) is 26.3 Å². The van der Waals surface area contributed by atoms with Crippen molar-refractivity contribution in [3.63, 3.8) is 0 Å². The molecule has 0 bridgehead atoms. The molecule has 0 unspecified atom stereocenters. The fourth-order valence-corrected chi connectivity index (χ4v) is 18.8. The molecular weight excluding hydrogens is 1740 g/mol. The molecule has 5 aliphatic heterocycles. The van der Waals surface area contributed by atoms with E-state index < -0.39 is 47.7 Å². The fourth-order valence-electron chi connectivity index (χ4n) is 17.5. The summed E-state index contributed by atoms with van der Waals surface area (Å²) in [5.41, 5.74) is 12.3. The zero-order chi connectivity index (χ0) is 93.4. The van der Waals surface area contributed by atoms with Gasteiger partial charge >= 0.3 is 5.69 Å². The van der Waals surface area contributed by atoms with Crippen molar-refractivity contribution in [2.24, 2.45) is 4.99 Å². The summed E-state index contributed by atoms with van der Waals surface area (Å²) >= 11 is 7.88. The van der Waals surface area contributed by atoms with Crippen LogP contribution in [0.3, 0.4) is 0 Å². The van der Waals surface area contributed by atoms with Crippen LogP contribution in [0.15, 0.2) is 162 Å². The molecule has 133 heavy (non-hydrogen) atoms. The number of aromatic nitrogens is 7. The predicted molar refractivity (Wildman–Crippen MR) is 500 cm³/mol. The molecule has 1 saturated carbocycles. The monoisotopic (exact) mass is 1840 g/mol. The van der Waals surface area contributed by atoms with E-state index in [0.29, 0.717) is 175 Å². The van der Waals surface area contributed by atoms with Crippen LogP contribution in [-0.4, -0.2) is 206 Å². The Kier molecular flexibility index (Phi) is 30.8. The summed E-state index contributed by atoms with van der Waals surface area (Å²) in [5.74, 6) is -2.59. The van der Waals surface area contributed by atoms with Crippen LogP contribution >= 0.6 is 22.9 Å². The first-order valence-electron chi connectivity index (χ1n) is 45.0. The quantitative estimate of drug-likeness (QED) is 0.0131. The Morgan fingerprint density at radius 3 is 1.98 bits per heavy atom. The van der Waals surface area contributed by atoms with Crippen molar-refractivity contribution < 1.29 is 71.7 Å². The number of aliphatic imine (C=N–C) groups is 1. The number of aromatic amines is 1. The van der Waals surface area contributed by atoms with Crippen molar-refractivity contribution in [3.05, 3.63) is 235 Å². The number of nitrogens with one attached hydrogen (secondary N) is 8. The van der Waals surface area contributed by atoms with Crippen molar-refractivity contribution in [2.45, 2.75) is 160 Å². The van der Waals surface area contributed by atoms with Crippen LogP contribution in [0.2, 0.25) is 5.02 Å². The van der Waals surface area contributed by atoms with Crippen molar-refractivity contribution in [2.75, 3.05) is 84.4 Å². The average molecular weight is 1850 g/mol. The number of aryl methyl sites for hydroxylation is 3. The van der Waals surface area contributed by atoms with E-state index in [0.717, 1.165) is 96.2 Å². The van der Waals surface area contributed by atoms with Gasteiger partial charge in [-0.05, 0) is 156 Å². The summed E-state index contributed by atoms with van der Waals surface area (Å²) < 4.78 is 25.9. The highest BCUT2D eigenvalue weighted by atomic mass is 35.5. The minimum Gasteiger partial charge on any atom is -0.379 e. The summed E-state index contributed by atoms with van der Waals surface area (Å²) in [6, 6.07) is 37.5. The van der Waals surface area contributed by atoms with Gasteiger partial charge in [0, 0.05) is 125 Å². The van der Waals surface area contributed by atoms with E-state index in [-0.39, 0.29) is 108 Å². The molecule has 8 N–H and O–H groups in total. The Labute approximate surface area is 776 Å². The molecule has 16 rings (SSSR count). The number of benzene rings is 5. The highest BCUT2D eigenvalue weighted by Gasteiger charge is 2.46. The number of allylic oxidation sites excluding steroid dienone is 1. The first-order chi connectivity index (χ1) is 64.4. The lowest BCUT2D eigenvalue weighted by Gasteiger charge is -2.43. The van der Waals surface area contributed by atoms with Gasteiger partial charge in [-0.3, -0.25) is 82.7 Å². The summed E-state index contributed by atoms with van der Waals surface area (Å²) in [5, 5.41) is 38.1. The SMILES string of the molecule is C=C1CCC[C@H](N2C(=O)c3cccc(NC(=O)CCC(=O)CCCOCCOCCOCCOCCNC(=O)CNC4(c5ccc(-c6nc7ccn8c(=O)[nH]nc8c7cc6-c6ccccc6)cc5)CCC4)c3C2=O)C(=O)N1.C=C1c2cccc(CCC(=O)NCCCCNC(=O)C[C@@H]3N=C(c4ccc(Cl)cc4)c4c(sc(C)c4C)-n4c(C)nnc43)c2C(=O)N1[C@H]1CCCC(=O)NC1=O.